The topological polar surface area (TPSA) is 77.1 Å². The van der Waals surface area contributed by atoms with E-state index in [0.717, 1.165) is 36.2 Å². The third-order valence-electron chi connectivity index (χ3n) is 5.69. The van der Waals surface area contributed by atoms with Crippen LogP contribution in [0.2, 0.25) is 0 Å². The number of likely N-dealkylation sites (tertiary alicyclic amines) is 1. The van der Waals surface area contributed by atoms with Crippen LogP contribution >= 0.6 is 11.3 Å². The van der Waals surface area contributed by atoms with Crippen LogP contribution in [0, 0.1) is 5.92 Å². The molecule has 158 valence electrons. The molecule has 1 aliphatic heterocycles. The second kappa shape index (κ2) is 8.47. The number of aromatic nitrogens is 4. The molecule has 4 heterocycles. The highest BCUT2D eigenvalue weighted by Gasteiger charge is 2.28. The SMILES string of the molecule is Cn1nc(-c2ccccc2)cc1C(=O)N1CCCC(Cc2nc(-c3ccsc3)no2)C1. The van der Waals surface area contributed by atoms with Gasteiger partial charge in [-0.25, -0.2) is 0 Å². The number of carbonyl (C=O) groups excluding carboxylic acids is 1. The maximum absolute atomic E-state index is 13.2. The maximum atomic E-state index is 13.2. The first-order chi connectivity index (χ1) is 15.2. The Bertz CT molecular complexity index is 1170. The number of thiophene rings is 1. The summed E-state index contributed by atoms with van der Waals surface area (Å²) in [7, 11) is 1.82. The molecule has 0 radical (unpaired) electrons. The van der Waals surface area contributed by atoms with Crippen LogP contribution < -0.4 is 0 Å². The molecule has 3 aromatic heterocycles. The van der Waals surface area contributed by atoms with E-state index in [1.165, 1.54) is 0 Å². The highest BCUT2D eigenvalue weighted by atomic mass is 32.1. The van der Waals surface area contributed by atoms with E-state index in [9.17, 15) is 4.79 Å². The Kier molecular flexibility index (Phi) is 5.38. The van der Waals surface area contributed by atoms with Gasteiger partial charge in [0.05, 0.1) is 5.69 Å². The average Bonchev–Trinajstić information content (AvgIpc) is 3.55. The van der Waals surface area contributed by atoms with Gasteiger partial charge >= 0.3 is 0 Å². The summed E-state index contributed by atoms with van der Waals surface area (Å²) in [6, 6.07) is 13.8. The van der Waals surface area contributed by atoms with Crippen molar-refractivity contribution in [3.05, 3.63) is 64.8 Å². The largest absolute Gasteiger partial charge is 0.339 e. The number of carbonyl (C=O) groups is 1. The number of rotatable bonds is 5. The van der Waals surface area contributed by atoms with Crippen molar-refractivity contribution in [3.8, 4) is 22.6 Å². The second-order valence-electron chi connectivity index (χ2n) is 7.89. The van der Waals surface area contributed by atoms with Crippen molar-refractivity contribution >= 4 is 17.2 Å². The number of hydrogen-bond acceptors (Lipinski definition) is 6. The number of aryl methyl sites for hydroxylation is 1. The summed E-state index contributed by atoms with van der Waals surface area (Å²) >= 11 is 1.61. The lowest BCUT2D eigenvalue weighted by atomic mass is 9.94. The predicted molar refractivity (Wildman–Crippen MR) is 119 cm³/mol. The fourth-order valence-electron chi connectivity index (χ4n) is 4.09. The first kappa shape index (κ1) is 19.7. The molecule has 1 saturated heterocycles. The molecule has 1 amide bonds. The second-order valence-corrected chi connectivity index (χ2v) is 8.67. The third-order valence-corrected chi connectivity index (χ3v) is 6.37. The molecule has 1 atom stereocenters. The Hall–Kier alpha value is -3.26. The highest BCUT2D eigenvalue weighted by molar-refractivity contribution is 7.08. The molecule has 1 fully saturated rings. The van der Waals surface area contributed by atoms with Crippen LogP contribution in [0.3, 0.4) is 0 Å². The summed E-state index contributed by atoms with van der Waals surface area (Å²) in [6.45, 7) is 1.44. The zero-order valence-electron chi connectivity index (χ0n) is 17.3. The standard InChI is InChI=1S/C23H23N5O2S/c1-27-20(13-19(25-27)17-7-3-2-4-8-17)23(29)28-10-5-6-16(14-28)12-21-24-22(26-30-21)18-9-11-31-15-18/h2-4,7-9,11,13,15-16H,5-6,10,12,14H2,1H3. The number of piperidine rings is 1. The lowest BCUT2D eigenvalue weighted by Crippen LogP contribution is -2.41. The zero-order chi connectivity index (χ0) is 21.2. The van der Waals surface area contributed by atoms with Crippen molar-refractivity contribution in [2.45, 2.75) is 19.3 Å². The van der Waals surface area contributed by atoms with Crippen molar-refractivity contribution in [1.82, 2.24) is 24.8 Å². The highest BCUT2D eigenvalue weighted by Crippen LogP contribution is 2.25. The maximum Gasteiger partial charge on any atom is 0.272 e. The molecule has 8 heteroatoms. The summed E-state index contributed by atoms with van der Waals surface area (Å²) in [6.07, 6.45) is 2.69. The lowest BCUT2D eigenvalue weighted by Gasteiger charge is -2.32. The molecule has 1 aliphatic rings. The minimum atomic E-state index is 0.0198. The predicted octanol–water partition coefficient (Wildman–Crippen LogP) is 4.29. The van der Waals surface area contributed by atoms with Gasteiger partial charge in [0, 0.05) is 43.1 Å². The smallest absolute Gasteiger partial charge is 0.272 e. The van der Waals surface area contributed by atoms with Gasteiger partial charge in [-0.15, -0.1) is 0 Å². The number of nitrogens with zero attached hydrogens (tertiary/aromatic N) is 5. The Morgan fingerprint density at radius 3 is 2.90 bits per heavy atom. The summed E-state index contributed by atoms with van der Waals surface area (Å²) in [5.74, 6) is 1.58. The molecule has 4 aromatic rings. The molecule has 0 spiro atoms. The third kappa shape index (κ3) is 4.16. The molecule has 0 bridgehead atoms. The van der Waals surface area contributed by atoms with E-state index in [2.05, 4.69) is 15.2 Å². The van der Waals surface area contributed by atoms with Crippen LogP contribution in [-0.4, -0.2) is 43.8 Å². The summed E-state index contributed by atoms with van der Waals surface area (Å²) in [5.41, 5.74) is 3.40. The van der Waals surface area contributed by atoms with Gasteiger partial charge in [-0.1, -0.05) is 35.5 Å². The molecule has 0 aliphatic carbocycles. The Morgan fingerprint density at radius 1 is 1.23 bits per heavy atom. The number of benzene rings is 1. The van der Waals surface area contributed by atoms with Crippen LogP contribution in [-0.2, 0) is 13.5 Å². The molecular formula is C23H23N5O2S. The molecule has 0 N–H and O–H groups in total. The van der Waals surface area contributed by atoms with E-state index in [1.807, 2.05) is 65.2 Å². The zero-order valence-corrected chi connectivity index (χ0v) is 18.1. The van der Waals surface area contributed by atoms with Crippen LogP contribution in [0.15, 0.2) is 57.7 Å². The average molecular weight is 434 g/mol. The summed E-state index contributed by atoms with van der Waals surface area (Å²) in [5, 5.41) is 12.6. The summed E-state index contributed by atoms with van der Waals surface area (Å²) < 4.78 is 7.15. The first-order valence-corrected chi connectivity index (χ1v) is 11.4. The van der Waals surface area contributed by atoms with E-state index >= 15 is 0 Å². The molecule has 1 aromatic carbocycles. The van der Waals surface area contributed by atoms with E-state index in [4.69, 9.17) is 4.52 Å². The van der Waals surface area contributed by atoms with Gasteiger partial charge in [0.15, 0.2) is 0 Å². The van der Waals surface area contributed by atoms with Gasteiger partial charge in [-0.3, -0.25) is 9.48 Å². The van der Waals surface area contributed by atoms with Crippen LogP contribution in [0.25, 0.3) is 22.6 Å². The van der Waals surface area contributed by atoms with Crippen molar-refractivity contribution in [3.63, 3.8) is 0 Å². The minimum absolute atomic E-state index is 0.0198. The fraction of sp³-hybridized carbons (Fsp3) is 0.304. The van der Waals surface area contributed by atoms with E-state index in [1.54, 1.807) is 16.0 Å². The molecule has 7 nitrogen and oxygen atoms in total. The fourth-order valence-corrected chi connectivity index (χ4v) is 4.72. The van der Waals surface area contributed by atoms with Crippen molar-refractivity contribution in [1.29, 1.82) is 0 Å². The van der Waals surface area contributed by atoms with Crippen molar-refractivity contribution < 1.29 is 9.32 Å². The number of amides is 1. The lowest BCUT2D eigenvalue weighted by molar-refractivity contribution is 0.0657. The molecule has 31 heavy (non-hydrogen) atoms. The van der Waals surface area contributed by atoms with Gasteiger partial charge in [0.1, 0.15) is 5.69 Å². The Morgan fingerprint density at radius 2 is 2.10 bits per heavy atom. The van der Waals surface area contributed by atoms with Gasteiger partial charge in [-0.05, 0) is 36.3 Å². The van der Waals surface area contributed by atoms with Crippen molar-refractivity contribution in [2.75, 3.05) is 13.1 Å². The molecule has 0 saturated carbocycles. The monoisotopic (exact) mass is 433 g/mol. The van der Waals surface area contributed by atoms with E-state index in [0.29, 0.717) is 36.3 Å². The van der Waals surface area contributed by atoms with E-state index in [-0.39, 0.29) is 5.91 Å². The quantitative estimate of drug-likeness (QED) is 0.469. The first-order valence-electron chi connectivity index (χ1n) is 10.4. The molecular weight excluding hydrogens is 410 g/mol. The van der Waals surface area contributed by atoms with E-state index < -0.39 is 0 Å². The molecule has 1 unspecified atom stereocenters. The Labute approximate surface area is 184 Å². The van der Waals surface area contributed by atoms with Crippen molar-refractivity contribution in [2.24, 2.45) is 13.0 Å². The minimum Gasteiger partial charge on any atom is -0.339 e. The van der Waals surface area contributed by atoms with Crippen LogP contribution in [0.1, 0.15) is 29.2 Å². The van der Waals surface area contributed by atoms with Crippen LogP contribution in [0.4, 0.5) is 0 Å². The summed E-state index contributed by atoms with van der Waals surface area (Å²) in [4.78, 5) is 19.7. The normalized spacial score (nSPS) is 16.5. The number of hydrogen-bond donors (Lipinski definition) is 0. The Balaban J connectivity index is 1.27. The van der Waals surface area contributed by atoms with Gasteiger partial charge < -0.3 is 9.42 Å². The van der Waals surface area contributed by atoms with Gasteiger partial charge in [0.25, 0.3) is 5.91 Å². The molecule has 5 rings (SSSR count). The van der Waals surface area contributed by atoms with Gasteiger partial charge in [0.2, 0.25) is 11.7 Å². The van der Waals surface area contributed by atoms with Gasteiger partial charge in [-0.2, -0.15) is 21.4 Å². The van der Waals surface area contributed by atoms with Crippen LogP contribution in [0.5, 0.6) is 0 Å².